The Morgan fingerprint density at radius 1 is 1.21 bits per heavy atom. The van der Waals surface area contributed by atoms with Crippen molar-refractivity contribution in [2.75, 3.05) is 26.2 Å². The molecule has 0 aliphatic carbocycles. The van der Waals surface area contributed by atoms with Crippen LogP contribution in [-0.4, -0.2) is 36.2 Å². The van der Waals surface area contributed by atoms with E-state index in [9.17, 15) is 18.3 Å². The van der Waals surface area contributed by atoms with Crippen LogP contribution in [0.15, 0.2) is 24.3 Å². The topological polar surface area (TPSA) is 23.5 Å². The highest BCUT2D eigenvalue weighted by atomic mass is 19.4. The van der Waals surface area contributed by atoms with Gasteiger partial charge in [0, 0.05) is 12.5 Å². The SMILES string of the molecule is OCC(CN1CCCC1)c1cccc(C(F)(F)F)c1. The van der Waals surface area contributed by atoms with Gasteiger partial charge in [0.25, 0.3) is 0 Å². The highest BCUT2D eigenvalue weighted by molar-refractivity contribution is 5.28. The molecular formula is C14H18F3NO. The number of aliphatic hydroxyl groups excluding tert-OH is 1. The maximum atomic E-state index is 12.7. The van der Waals surface area contributed by atoms with Gasteiger partial charge in [-0.05, 0) is 37.6 Å². The van der Waals surface area contributed by atoms with Gasteiger partial charge in [0.05, 0.1) is 12.2 Å². The number of benzene rings is 1. The maximum Gasteiger partial charge on any atom is 0.416 e. The van der Waals surface area contributed by atoms with Crippen LogP contribution in [0.1, 0.15) is 29.9 Å². The molecule has 1 aliphatic heterocycles. The van der Waals surface area contributed by atoms with Gasteiger partial charge in [-0.3, -0.25) is 0 Å². The summed E-state index contributed by atoms with van der Waals surface area (Å²) in [6, 6.07) is 5.28. The molecule has 1 saturated heterocycles. The minimum Gasteiger partial charge on any atom is -0.396 e. The molecule has 2 rings (SSSR count). The van der Waals surface area contributed by atoms with E-state index in [1.165, 1.54) is 6.07 Å². The second-order valence-electron chi connectivity index (χ2n) is 5.01. The number of halogens is 3. The number of rotatable bonds is 4. The van der Waals surface area contributed by atoms with Crippen molar-refractivity contribution in [2.24, 2.45) is 0 Å². The predicted octanol–water partition coefficient (Wildman–Crippen LogP) is 2.88. The molecule has 5 heteroatoms. The van der Waals surface area contributed by atoms with Crippen molar-refractivity contribution >= 4 is 0 Å². The lowest BCUT2D eigenvalue weighted by Crippen LogP contribution is -2.27. The van der Waals surface area contributed by atoms with Crippen LogP contribution in [0.4, 0.5) is 13.2 Å². The third-order valence-electron chi connectivity index (χ3n) is 3.58. The molecule has 19 heavy (non-hydrogen) atoms. The van der Waals surface area contributed by atoms with Gasteiger partial charge in [0.15, 0.2) is 0 Å². The van der Waals surface area contributed by atoms with E-state index in [0.29, 0.717) is 12.1 Å². The number of hydrogen-bond acceptors (Lipinski definition) is 2. The summed E-state index contributed by atoms with van der Waals surface area (Å²) in [6.07, 6.45) is -2.08. The molecule has 1 heterocycles. The fraction of sp³-hybridized carbons (Fsp3) is 0.571. The molecule has 1 aliphatic rings. The fourth-order valence-electron chi connectivity index (χ4n) is 2.51. The predicted molar refractivity (Wildman–Crippen MR) is 66.9 cm³/mol. The quantitative estimate of drug-likeness (QED) is 0.912. The van der Waals surface area contributed by atoms with Crippen LogP contribution in [0.25, 0.3) is 0 Å². The van der Waals surface area contributed by atoms with Gasteiger partial charge < -0.3 is 10.0 Å². The van der Waals surface area contributed by atoms with Crippen LogP contribution in [0.3, 0.4) is 0 Å². The molecule has 0 aromatic heterocycles. The molecule has 1 aromatic carbocycles. The van der Waals surface area contributed by atoms with E-state index in [4.69, 9.17) is 0 Å². The van der Waals surface area contributed by atoms with Crippen LogP contribution in [0.5, 0.6) is 0 Å². The van der Waals surface area contributed by atoms with Crippen molar-refractivity contribution < 1.29 is 18.3 Å². The number of aliphatic hydroxyl groups is 1. The zero-order chi connectivity index (χ0) is 13.9. The van der Waals surface area contributed by atoms with E-state index in [2.05, 4.69) is 4.90 Å². The first kappa shape index (κ1) is 14.3. The summed E-state index contributed by atoms with van der Waals surface area (Å²) in [6.45, 7) is 2.43. The Bertz CT molecular complexity index is 413. The molecule has 2 nitrogen and oxygen atoms in total. The lowest BCUT2D eigenvalue weighted by atomic mass is 9.97. The Hall–Kier alpha value is -1.07. The number of hydrogen-bond donors (Lipinski definition) is 1. The van der Waals surface area contributed by atoms with Crippen LogP contribution < -0.4 is 0 Å². The van der Waals surface area contributed by atoms with Crippen LogP contribution in [0, 0.1) is 0 Å². The monoisotopic (exact) mass is 273 g/mol. The summed E-state index contributed by atoms with van der Waals surface area (Å²) in [4.78, 5) is 2.20. The van der Waals surface area contributed by atoms with Crippen molar-refractivity contribution in [1.29, 1.82) is 0 Å². The van der Waals surface area contributed by atoms with E-state index in [1.54, 1.807) is 6.07 Å². The average Bonchev–Trinajstić information content (AvgIpc) is 2.88. The molecular weight excluding hydrogens is 255 g/mol. The molecule has 0 bridgehead atoms. The van der Waals surface area contributed by atoms with E-state index >= 15 is 0 Å². The summed E-state index contributed by atoms with van der Waals surface area (Å²) in [5.41, 5.74) is -0.0888. The van der Waals surface area contributed by atoms with Crippen molar-refractivity contribution in [2.45, 2.75) is 24.9 Å². The first-order valence-corrected chi connectivity index (χ1v) is 6.51. The molecule has 0 spiro atoms. The number of nitrogens with zero attached hydrogens (tertiary/aromatic N) is 1. The summed E-state index contributed by atoms with van der Waals surface area (Å²) >= 11 is 0. The molecule has 1 N–H and O–H groups in total. The van der Waals surface area contributed by atoms with Crippen molar-refractivity contribution in [3.05, 3.63) is 35.4 Å². The zero-order valence-electron chi connectivity index (χ0n) is 10.7. The smallest absolute Gasteiger partial charge is 0.396 e. The first-order valence-electron chi connectivity index (χ1n) is 6.51. The Morgan fingerprint density at radius 2 is 1.89 bits per heavy atom. The van der Waals surface area contributed by atoms with Gasteiger partial charge >= 0.3 is 6.18 Å². The van der Waals surface area contributed by atoms with Crippen molar-refractivity contribution in [3.63, 3.8) is 0 Å². The van der Waals surface area contributed by atoms with E-state index in [1.807, 2.05) is 0 Å². The maximum absolute atomic E-state index is 12.7. The van der Waals surface area contributed by atoms with Crippen molar-refractivity contribution in [1.82, 2.24) is 4.90 Å². The largest absolute Gasteiger partial charge is 0.416 e. The van der Waals surface area contributed by atoms with Gasteiger partial charge in [-0.1, -0.05) is 18.2 Å². The van der Waals surface area contributed by atoms with E-state index < -0.39 is 11.7 Å². The number of alkyl halides is 3. The minimum absolute atomic E-state index is 0.127. The summed E-state index contributed by atoms with van der Waals surface area (Å²) in [7, 11) is 0. The Labute approximate surface area is 110 Å². The van der Waals surface area contributed by atoms with Crippen LogP contribution in [0.2, 0.25) is 0 Å². The highest BCUT2D eigenvalue weighted by Gasteiger charge is 2.31. The molecule has 106 valence electrons. The Balaban J connectivity index is 2.13. The third kappa shape index (κ3) is 3.70. The minimum atomic E-state index is -4.33. The van der Waals surface area contributed by atoms with Crippen molar-refractivity contribution in [3.8, 4) is 0 Å². The molecule has 0 saturated carbocycles. The molecule has 1 fully saturated rings. The molecule has 1 unspecified atom stereocenters. The zero-order valence-corrected chi connectivity index (χ0v) is 10.7. The van der Waals surface area contributed by atoms with Gasteiger partial charge in [-0.25, -0.2) is 0 Å². The average molecular weight is 273 g/mol. The Morgan fingerprint density at radius 3 is 2.47 bits per heavy atom. The normalized spacial score (nSPS) is 18.7. The van der Waals surface area contributed by atoms with E-state index in [0.717, 1.165) is 38.1 Å². The van der Waals surface area contributed by atoms with E-state index in [-0.39, 0.29) is 12.5 Å². The lowest BCUT2D eigenvalue weighted by molar-refractivity contribution is -0.137. The fourth-order valence-corrected chi connectivity index (χ4v) is 2.51. The third-order valence-corrected chi connectivity index (χ3v) is 3.58. The standard InChI is InChI=1S/C14H18F3NO/c15-14(16,17)13-5-3-4-11(8-13)12(10-19)9-18-6-1-2-7-18/h3-5,8,12,19H,1-2,6-7,9-10H2. The second-order valence-corrected chi connectivity index (χ2v) is 5.01. The number of likely N-dealkylation sites (tertiary alicyclic amines) is 1. The van der Waals surface area contributed by atoms with Crippen LogP contribution >= 0.6 is 0 Å². The summed E-state index contributed by atoms with van der Waals surface area (Å²) in [5, 5.41) is 9.43. The van der Waals surface area contributed by atoms with Gasteiger partial charge in [-0.15, -0.1) is 0 Å². The van der Waals surface area contributed by atoms with Gasteiger partial charge in [-0.2, -0.15) is 13.2 Å². The second kappa shape index (κ2) is 5.92. The summed E-state index contributed by atoms with van der Waals surface area (Å²) < 4.78 is 38.0. The Kier molecular flexibility index (Phi) is 4.47. The first-order chi connectivity index (χ1) is 9.00. The molecule has 1 aromatic rings. The van der Waals surface area contributed by atoms with Gasteiger partial charge in [0.1, 0.15) is 0 Å². The molecule has 0 radical (unpaired) electrons. The highest BCUT2D eigenvalue weighted by Crippen LogP contribution is 2.31. The molecule has 0 amide bonds. The summed E-state index contributed by atoms with van der Waals surface area (Å²) in [5.74, 6) is -0.250. The van der Waals surface area contributed by atoms with Crippen LogP contribution in [-0.2, 0) is 6.18 Å². The lowest BCUT2D eigenvalue weighted by Gasteiger charge is -2.22. The van der Waals surface area contributed by atoms with Gasteiger partial charge in [0.2, 0.25) is 0 Å². The molecule has 1 atom stereocenters.